The largest absolute Gasteiger partial charge is 0.504 e. The van der Waals surface area contributed by atoms with Gasteiger partial charge in [0.15, 0.2) is 5.75 Å². The fraction of sp³-hybridized carbons (Fsp3) is 0.222. The van der Waals surface area contributed by atoms with Crippen molar-refractivity contribution in [1.82, 2.24) is 0 Å². The van der Waals surface area contributed by atoms with Crippen molar-refractivity contribution >= 4 is 0 Å². The molecule has 0 atom stereocenters. The van der Waals surface area contributed by atoms with Gasteiger partial charge in [-0.1, -0.05) is 12.1 Å². The van der Waals surface area contributed by atoms with Crippen LogP contribution in [0.5, 0.6) is 5.75 Å². The molecule has 1 aromatic carbocycles. The molecule has 0 heterocycles. The van der Waals surface area contributed by atoms with Crippen molar-refractivity contribution in [2.24, 2.45) is 0 Å². The predicted molar refractivity (Wildman–Crippen MR) is 45.0 cm³/mol. The zero-order chi connectivity index (χ0) is 9.14. The Bertz CT molecular complexity index is 344. The summed E-state index contributed by atoms with van der Waals surface area (Å²) >= 11 is 0. The van der Waals surface area contributed by atoms with Crippen molar-refractivity contribution in [3.05, 3.63) is 39.5 Å². The SMILES string of the molecule is Cc1ccc(CO)c(=O)c(O)c1. The van der Waals surface area contributed by atoms with Gasteiger partial charge in [-0.15, -0.1) is 0 Å². The zero-order valence-corrected chi connectivity index (χ0v) is 6.74. The quantitative estimate of drug-likeness (QED) is 0.640. The maximum absolute atomic E-state index is 11.1. The molecule has 0 saturated carbocycles. The van der Waals surface area contributed by atoms with Crippen LogP contribution in [0.3, 0.4) is 0 Å². The molecule has 0 radical (unpaired) electrons. The molecule has 0 aliphatic carbocycles. The smallest absolute Gasteiger partial charge is 0.225 e. The third-order valence-electron chi connectivity index (χ3n) is 1.61. The van der Waals surface area contributed by atoms with Gasteiger partial charge in [-0.3, -0.25) is 4.79 Å². The first-order valence-corrected chi connectivity index (χ1v) is 3.59. The van der Waals surface area contributed by atoms with Gasteiger partial charge in [-0.25, -0.2) is 0 Å². The molecule has 3 heteroatoms. The van der Waals surface area contributed by atoms with Gasteiger partial charge in [0.2, 0.25) is 5.43 Å². The van der Waals surface area contributed by atoms with Crippen LogP contribution in [0.1, 0.15) is 11.1 Å². The third-order valence-corrected chi connectivity index (χ3v) is 1.61. The maximum Gasteiger partial charge on any atom is 0.225 e. The fourth-order valence-electron chi connectivity index (χ4n) is 0.926. The normalized spacial score (nSPS) is 9.83. The highest BCUT2D eigenvalue weighted by Gasteiger charge is 2.00. The summed E-state index contributed by atoms with van der Waals surface area (Å²) in [4.78, 5) is 11.1. The summed E-state index contributed by atoms with van der Waals surface area (Å²) in [6, 6.07) is 4.56. The summed E-state index contributed by atoms with van der Waals surface area (Å²) in [6.07, 6.45) is 0. The molecule has 0 saturated heterocycles. The Balaban J connectivity index is 3.48. The molecule has 2 N–H and O–H groups in total. The van der Waals surface area contributed by atoms with Crippen molar-refractivity contribution in [3.63, 3.8) is 0 Å². The average molecular weight is 166 g/mol. The van der Waals surface area contributed by atoms with Crippen molar-refractivity contribution < 1.29 is 10.2 Å². The van der Waals surface area contributed by atoms with Gasteiger partial charge in [0, 0.05) is 5.56 Å². The number of aliphatic hydroxyl groups excluding tert-OH is 1. The lowest BCUT2D eigenvalue weighted by atomic mass is 10.3. The summed E-state index contributed by atoms with van der Waals surface area (Å²) in [5.74, 6) is -0.318. The Labute approximate surface area is 69.9 Å². The first-order chi connectivity index (χ1) is 5.65. The third kappa shape index (κ3) is 1.62. The number of hydrogen-bond donors (Lipinski definition) is 2. The van der Waals surface area contributed by atoms with E-state index in [1.54, 1.807) is 13.0 Å². The van der Waals surface area contributed by atoms with Crippen molar-refractivity contribution in [3.8, 4) is 5.75 Å². The van der Waals surface area contributed by atoms with Crippen LogP contribution >= 0.6 is 0 Å². The van der Waals surface area contributed by atoms with Crippen LogP contribution in [-0.4, -0.2) is 10.2 Å². The Morgan fingerprint density at radius 1 is 1.42 bits per heavy atom. The summed E-state index contributed by atoms with van der Waals surface area (Å²) in [5.41, 5.74) is 0.482. The molecular formula is C9H10O3. The number of rotatable bonds is 1. The van der Waals surface area contributed by atoms with Gasteiger partial charge in [0.1, 0.15) is 0 Å². The molecular weight excluding hydrogens is 156 g/mol. The van der Waals surface area contributed by atoms with Gasteiger partial charge >= 0.3 is 0 Å². The molecule has 0 aliphatic heterocycles. The highest BCUT2D eigenvalue weighted by atomic mass is 16.3. The lowest BCUT2D eigenvalue weighted by molar-refractivity contribution is 0.280. The van der Waals surface area contributed by atoms with Gasteiger partial charge in [-0.2, -0.15) is 0 Å². The van der Waals surface area contributed by atoms with E-state index in [1.165, 1.54) is 12.1 Å². The topological polar surface area (TPSA) is 57.5 Å². The molecule has 0 spiro atoms. The molecule has 64 valence electrons. The van der Waals surface area contributed by atoms with E-state index < -0.39 is 5.43 Å². The zero-order valence-electron chi connectivity index (χ0n) is 6.74. The van der Waals surface area contributed by atoms with E-state index in [9.17, 15) is 4.79 Å². The monoisotopic (exact) mass is 166 g/mol. The fourth-order valence-corrected chi connectivity index (χ4v) is 0.926. The van der Waals surface area contributed by atoms with Gasteiger partial charge < -0.3 is 10.2 Å². The second kappa shape index (κ2) is 3.36. The van der Waals surface area contributed by atoms with E-state index in [4.69, 9.17) is 10.2 Å². The van der Waals surface area contributed by atoms with Crippen LogP contribution in [0.25, 0.3) is 0 Å². The van der Waals surface area contributed by atoms with E-state index in [-0.39, 0.29) is 17.9 Å². The van der Waals surface area contributed by atoms with Gasteiger partial charge in [0.25, 0.3) is 0 Å². The Morgan fingerprint density at radius 2 is 2.08 bits per heavy atom. The minimum atomic E-state index is -0.509. The number of aromatic hydroxyl groups is 1. The van der Waals surface area contributed by atoms with Crippen molar-refractivity contribution in [2.75, 3.05) is 0 Å². The molecule has 1 aromatic rings. The number of aliphatic hydroxyl groups is 1. The first kappa shape index (κ1) is 8.74. The molecule has 0 bridgehead atoms. The van der Waals surface area contributed by atoms with Crippen molar-refractivity contribution in [2.45, 2.75) is 13.5 Å². The molecule has 0 fully saturated rings. The second-order valence-corrected chi connectivity index (χ2v) is 2.62. The second-order valence-electron chi connectivity index (χ2n) is 2.62. The van der Waals surface area contributed by atoms with Crippen LogP contribution in [-0.2, 0) is 6.61 Å². The van der Waals surface area contributed by atoms with Crippen LogP contribution in [0.15, 0.2) is 23.0 Å². The summed E-state index contributed by atoms with van der Waals surface area (Å²) in [7, 11) is 0. The molecule has 0 amide bonds. The molecule has 12 heavy (non-hydrogen) atoms. The first-order valence-electron chi connectivity index (χ1n) is 3.59. The summed E-state index contributed by atoms with van der Waals surface area (Å²) in [6.45, 7) is 1.42. The average Bonchev–Trinajstić information content (AvgIpc) is 2.14. The highest BCUT2D eigenvalue weighted by Crippen LogP contribution is 2.05. The van der Waals surface area contributed by atoms with Crippen molar-refractivity contribution in [1.29, 1.82) is 0 Å². The molecule has 0 unspecified atom stereocenters. The van der Waals surface area contributed by atoms with Crippen LogP contribution in [0.2, 0.25) is 0 Å². The summed E-state index contributed by atoms with van der Waals surface area (Å²) < 4.78 is 0. The molecule has 0 aliphatic rings. The Kier molecular flexibility index (Phi) is 2.45. The van der Waals surface area contributed by atoms with E-state index in [2.05, 4.69) is 0 Å². The Hall–Kier alpha value is -1.35. The highest BCUT2D eigenvalue weighted by molar-refractivity contribution is 5.29. The molecule has 0 aromatic heterocycles. The predicted octanol–water partition coefficient (Wildman–Crippen LogP) is 0.553. The summed E-state index contributed by atoms with van der Waals surface area (Å²) in [5, 5.41) is 17.9. The van der Waals surface area contributed by atoms with E-state index in [0.717, 1.165) is 5.56 Å². The standard InChI is InChI=1S/C9H10O3/c1-6-2-3-7(5-10)9(12)8(11)4-6/h2-4,10H,5H2,1H3,(H,11,12). The lowest BCUT2D eigenvalue weighted by Crippen LogP contribution is -2.04. The minimum absolute atomic E-state index is 0.209. The minimum Gasteiger partial charge on any atom is -0.504 e. The number of hydrogen-bond acceptors (Lipinski definition) is 3. The molecule has 3 nitrogen and oxygen atoms in total. The van der Waals surface area contributed by atoms with Gasteiger partial charge in [0.05, 0.1) is 6.61 Å². The lowest BCUT2D eigenvalue weighted by Gasteiger charge is -1.86. The molecule has 1 rings (SSSR count). The van der Waals surface area contributed by atoms with E-state index in [1.807, 2.05) is 0 Å². The van der Waals surface area contributed by atoms with Gasteiger partial charge in [-0.05, 0) is 18.6 Å². The van der Waals surface area contributed by atoms with Crippen LogP contribution in [0, 0.1) is 6.92 Å². The Morgan fingerprint density at radius 3 is 2.67 bits per heavy atom. The number of aryl methyl sites for hydroxylation is 1. The van der Waals surface area contributed by atoms with E-state index >= 15 is 0 Å². The maximum atomic E-state index is 11.1. The van der Waals surface area contributed by atoms with Crippen LogP contribution in [0.4, 0.5) is 0 Å². The van der Waals surface area contributed by atoms with Crippen LogP contribution < -0.4 is 5.43 Å². The van der Waals surface area contributed by atoms with E-state index in [0.29, 0.717) is 0 Å².